The maximum Gasteiger partial charge on any atom is 0.333 e. The molecule has 0 aliphatic carbocycles. The number of carbonyl (C=O) groups excluding carboxylic acids is 2. The van der Waals surface area contributed by atoms with Crippen LogP contribution in [-0.2, 0) is 27.3 Å². The van der Waals surface area contributed by atoms with E-state index in [-0.39, 0.29) is 6.61 Å². The van der Waals surface area contributed by atoms with Crippen LogP contribution in [0.2, 0.25) is 10.0 Å². The van der Waals surface area contributed by atoms with Gasteiger partial charge in [-0.05, 0) is 55.3 Å². The zero-order valence-corrected chi connectivity index (χ0v) is 17.9. The fraction of sp³-hybridized carbons (Fsp3) is 0.273. The fourth-order valence-corrected chi connectivity index (χ4v) is 4.24. The number of benzene rings is 2. The zero-order chi connectivity index (χ0) is 21.3. The van der Waals surface area contributed by atoms with Gasteiger partial charge in [-0.15, -0.1) is 0 Å². The molecule has 156 valence electrons. The third kappa shape index (κ3) is 4.17. The molecule has 1 amide bonds. The summed E-state index contributed by atoms with van der Waals surface area (Å²) in [5, 5.41) is 5.04. The minimum atomic E-state index is -1.06. The summed E-state index contributed by atoms with van der Waals surface area (Å²) in [4.78, 5) is 31.0. The van der Waals surface area contributed by atoms with E-state index in [2.05, 4.69) is 10.3 Å². The Hall–Kier alpha value is -2.54. The van der Waals surface area contributed by atoms with Crippen molar-refractivity contribution < 1.29 is 14.3 Å². The first-order chi connectivity index (χ1) is 14.5. The first-order valence-electron chi connectivity index (χ1n) is 9.72. The number of ether oxygens (including phenoxy) is 1. The number of esters is 1. The number of hydrogen-bond donors (Lipinski definition) is 2. The highest BCUT2D eigenvalue weighted by Crippen LogP contribution is 2.30. The van der Waals surface area contributed by atoms with E-state index in [4.69, 9.17) is 27.9 Å². The molecule has 1 atom stereocenters. The lowest BCUT2D eigenvalue weighted by atomic mass is 10.0. The highest BCUT2D eigenvalue weighted by atomic mass is 35.5. The Balaban J connectivity index is 1.61. The van der Waals surface area contributed by atoms with E-state index in [9.17, 15) is 9.59 Å². The summed E-state index contributed by atoms with van der Waals surface area (Å²) >= 11 is 12.2. The summed E-state index contributed by atoms with van der Waals surface area (Å²) in [6.45, 7) is 2.89. The third-order valence-electron chi connectivity index (χ3n) is 5.18. The van der Waals surface area contributed by atoms with Crippen molar-refractivity contribution >= 4 is 51.7 Å². The molecule has 2 heterocycles. The zero-order valence-electron chi connectivity index (χ0n) is 16.4. The van der Waals surface area contributed by atoms with Crippen molar-refractivity contribution in [3.05, 3.63) is 63.8 Å². The molecule has 6 nitrogen and oxygen atoms in total. The molecule has 0 saturated carbocycles. The molecule has 1 aromatic heterocycles. The number of rotatable bonds is 5. The van der Waals surface area contributed by atoms with Crippen LogP contribution in [0, 0.1) is 0 Å². The van der Waals surface area contributed by atoms with E-state index in [1.165, 1.54) is 5.56 Å². The van der Waals surface area contributed by atoms with Gasteiger partial charge in [0.15, 0.2) is 6.04 Å². The number of aromatic nitrogens is 1. The molecule has 0 radical (unpaired) electrons. The normalized spacial score (nSPS) is 14.9. The van der Waals surface area contributed by atoms with Crippen molar-refractivity contribution in [2.45, 2.75) is 25.9 Å². The Labute approximate surface area is 184 Å². The minimum absolute atomic E-state index is 0.198. The second-order valence-corrected chi connectivity index (χ2v) is 8.02. The van der Waals surface area contributed by atoms with Crippen LogP contribution in [-0.4, -0.2) is 41.0 Å². The molecule has 30 heavy (non-hydrogen) atoms. The molecule has 4 rings (SSSR count). The number of nitrogens with one attached hydrogen (secondary N) is 2. The standard InChI is InChI=1S/C22H21Cl2N3O3/c1-2-30-22(29)20(21(28)25-15-5-3-4-13(23)10-15)27-9-8-16-17-11-14(24)6-7-18(17)26-19(16)12-27/h3-7,10-11,20,26H,2,8-9,12H2,1H3,(H,25,28). The van der Waals surface area contributed by atoms with Gasteiger partial charge in [0.25, 0.3) is 5.91 Å². The molecule has 8 heteroatoms. The Kier molecular flexibility index (Phi) is 5.99. The highest BCUT2D eigenvalue weighted by Gasteiger charge is 2.37. The second kappa shape index (κ2) is 8.68. The van der Waals surface area contributed by atoms with Crippen LogP contribution in [0.25, 0.3) is 10.9 Å². The van der Waals surface area contributed by atoms with Crippen molar-refractivity contribution in [1.29, 1.82) is 0 Å². The Morgan fingerprint density at radius 3 is 2.77 bits per heavy atom. The average molecular weight is 446 g/mol. The van der Waals surface area contributed by atoms with Gasteiger partial charge in [-0.2, -0.15) is 0 Å². The number of halogens is 2. The lowest BCUT2D eigenvalue weighted by molar-refractivity contribution is -0.153. The minimum Gasteiger partial charge on any atom is -0.464 e. The molecule has 1 aliphatic rings. The van der Waals surface area contributed by atoms with Crippen LogP contribution in [0.3, 0.4) is 0 Å². The van der Waals surface area contributed by atoms with Crippen molar-refractivity contribution in [3.8, 4) is 0 Å². The Morgan fingerprint density at radius 2 is 2.00 bits per heavy atom. The lowest BCUT2D eigenvalue weighted by Gasteiger charge is -2.32. The monoisotopic (exact) mass is 445 g/mol. The lowest BCUT2D eigenvalue weighted by Crippen LogP contribution is -2.51. The van der Waals surface area contributed by atoms with E-state index < -0.39 is 17.9 Å². The number of aromatic amines is 1. The van der Waals surface area contributed by atoms with E-state index >= 15 is 0 Å². The average Bonchev–Trinajstić information content (AvgIpc) is 3.05. The van der Waals surface area contributed by atoms with Crippen molar-refractivity contribution in [1.82, 2.24) is 9.88 Å². The highest BCUT2D eigenvalue weighted by molar-refractivity contribution is 6.31. The van der Waals surface area contributed by atoms with Crippen LogP contribution in [0.4, 0.5) is 5.69 Å². The second-order valence-electron chi connectivity index (χ2n) is 7.15. The molecule has 0 spiro atoms. The Bertz CT molecular complexity index is 1110. The number of carbonyl (C=O) groups is 2. The topological polar surface area (TPSA) is 74.4 Å². The molecule has 2 aromatic carbocycles. The summed E-state index contributed by atoms with van der Waals surface area (Å²) in [5.74, 6) is -1.02. The summed E-state index contributed by atoms with van der Waals surface area (Å²) in [5.41, 5.74) is 3.66. The smallest absolute Gasteiger partial charge is 0.333 e. The molecule has 2 N–H and O–H groups in total. The summed E-state index contributed by atoms with van der Waals surface area (Å²) in [7, 11) is 0. The van der Waals surface area contributed by atoms with Crippen LogP contribution >= 0.6 is 23.2 Å². The molecule has 1 aliphatic heterocycles. The van der Waals surface area contributed by atoms with Crippen molar-refractivity contribution in [2.24, 2.45) is 0 Å². The summed E-state index contributed by atoms with van der Waals surface area (Å²) in [6, 6.07) is 11.5. The Morgan fingerprint density at radius 1 is 1.20 bits per heavy atom. The number of H-pyrrole nitrogens is 1. The largest absolute Gasteiger partial charge is 0.464 e. The molecule has 1 unspecified atom stereocenters. The predicted molar refractivity (Wildman–Crippen MR) is 118 cm³/mol. The SMILES string of the molecule is CCOC(=O)C(C(=O)Nc1cccc(Cl)c1)N1CCc2c([nH]c3ccc(Cl)cc23)C1. The van der Waals surface area contributed by atoms with Gasteiger partial charge in [0.2, 0.25) is 0 Å². The molecular weight excluding hydrogens is 425 g/mol. The van der Waals surface area contributed by atoms with Gasteiger partial charge in [0.05, 0.1) is 6.61 Å². The van der Waals surface area contributed by atoms with Gasteiger partial charge >= 0.3 is 5.97 Å². The van der Waals surface area contributed by atoms with Gasteiger partial charge in [-0.3, -0.25) is 9.69 Å². The van der Waals surface area contributed by atoms with E-state index in [1.807, 2.05) is 23.1 Å². The van der Waals surface area contributed by atoms with Crippen LogP contribution in [0.1, 0.15) is 18.2 Å². The molecule has 3 aromatic rings. The first-order valence-corrected chi connectivity index (χ1v) is 10.5. The van der Waals surface area contributed by atoms with Gasteiger partial charge in [0, 0.05) is 45.4 Å². The fourth-order valence-electron chi connectivity index (χ4n) is 3.87. The number of fused-ring (bicyclic) bond motifs is 3. The van der Waals surface area contributed by atoms with Gasteiger partial charge in [-0.25, -0.2) is 4.79 Å². The molecule has 0 bridgehead atoms. The number of hydrogen-bond acceptors (Lipinski definition) is 4. The maximum atomic E-state index is 13.0. The number of nitrogens with zero attached hydrogens (tertiary/aromatic N) is 1. The van der Waals surface area contributed by atoms with Crippen LogP contribution in [0.5, 0.6) is 0 Å². The van der Waals surface area contributed by atoms with E-state index in [0.717, 1.165) is 16.6 Å². The number of amides is 1. The molecule has 0 saturated heterocycles. The first kappa shape index (κ1) is 20.7. The number of anilines is 1. The maximum absolute atomic E-state index is 13.0. The molecule has 0 fully saturated rings. The predicted octanol–water partition coefficient (Wildman–Crippen LogP) is 4.40. The quantitative estimate of drug-likeness (QED) is 0.450. The van der Waals surface area contributed by atoms with Crippen molar-refractivity contribution in [3.63, 3.8) is 0 Å². The van der Waals surface area contributed by atoms with Gasteiger partial charge < -0.3 is 15.0 Å². The summed E-state index contributed by atoms with van der Waals surface area (Å²) < 4.78 is 5.21. The summed E-state index contributed by atoms with van der Waals surface area (Å²) in [6.07, 6.45) is 0.691. The van der Waals surface area contributed by atoms with E-state index in [0.29, 0.717) is 35.2 Å². The third-order valence-corrected chi connectivity index (χ3v) is 5.65. The van der Waals surface area contributed by atoms with Gasteiger partial charge in [0.1, 0.15) is 0 Å². The molecular formula is C22H21Cl2N3O3. The van der Waals surface area contributed by atoms with E-state index in [1.54, 1.807) is 31.2 Å². The van der Waals surface area contributed by atoms with Crippen LogP contribution < -0.4 is 5.32 Å². The van der Waals surface area contributed by atoms with Crippen LogP contribution in [0.15, 0.2) is 42.5 Å². The van der Waals surface area contributed by atoms with Crippen molar-refractivity contribution in [2.75, 3.05) is 18.5 Å². The van der Waals surface area contributed by atoms with Gasteiger partial charge in [-0.1, -0.05) is 29.3 Å².